The number of rotatable bonds is 1. The fraction of sp³-hybridized carbons (Fsp3) is 0. The van der Waals surface area contributed by atoms with Crippen molar-refractivity contribution in [1.29, 1.82) is 0 Å². The molecule has 0 N–H and O–H groups in total. The quantitative estimate of drug-likeness (QED) is 0.414. The fourth-order valence-corrected chi connectivity index (χ4v) is 3.78. The molecule has 6 nitrogen and oxygen atoms in total. The highest BCUT2D eigenvalue weighted by Gasteiger charge is 2.20. The molecule has 2 aromatic heterocycles. The van der Waals surface area contributed by atoms with Gasteiger partial charge in [0.05, 0.1) is 9.99 Å². The van der Waals surface area contributed by atoms with Crippen LogP contribution in [0.3, 0.4) is 0 Å². The highest BCUT2D eigenvalue weighted by molar-refractivity contribution is 9.11. The van der Waals surface area contributed by atoms with E-state index in [0.717, 1.165) is 9.15 Å². The van der Waals surface area contributed by atoms with Crippen molar-refractivity contribution < 1.29 is 9.21 Å². The van der Waals surface area contributed by atoms with Crippen LogP contribution in [0.5, 0.6) is 0 Å². The minimum Gasteiger partial charge on any atom is -0.421 e. The zero-order valence-electron chi connectivity index (χ0n) is 11.9. The third-order valence-corrected chi connectivity index (χ3v) is 4.57. The van der Waals surface area contributed by atoms with Gasteiger partial charge in [0.2, 0.25) is 0 Å². The molecule has 0 unspecified atom stereocenters. The molecular formula is C16H7Br2N3O3. The lowest BCUT2D eigenvalue weighted by Gasteiger charge is -2.04. The number of para-hydroxylation sites is 1. The molecule has 0 aliphatic heterocycles. The van der Waals surface area contributed by atoms with Gasteiger partial charge in [-0.1, -0.05) is 33.3 Å². The zero-order chi connectivity index (χ0) is 16.8. The maximum atomic E-state index is 12.7. The average molecular weight is 449 g/mol. The summed E-state index contributed by atoms with van der Waals surface area (Å²) in [5.41, 5.74) is 0.639. The smallest absolute Gasteiger partial charge is 0.349 e. The van der Waals surface area contributed by atoms with Gasteiger partial charge >= 0.3 is 5.63 Å². The van der Waals surface area contributed by atoms with Crippen LogP contribution in [-0.4, -0.2) is 20.9 Å². The van der Waals surface area contributed by atoms with Crippen molar-refractivity contribution in [3.63, 3.8) is 0 Å². The Hall–Kier alpha value is -2.32. The molecule has 4 aromatic rings. The molecule has 0 aliphatic rings. The van der Waals surface area contributed by atoms with E-state index in [4.69, 9.17) is 4.42 Å². The maximum absolute atomic E-state index is 12.7. The second kappa shape index (κ2) is 5.64. The molecule has 0 bridgehead atoms. The van der Waals surface area contributed by atoms with Gasteiger partial charge in [0.15, 0.2) is 5.58 Å². The Kier molecular flexibility index (Phi) is 3.58. The number of carbonyl (C=O) groups excluding carboxylic acids is 1. The number of aromatic nitrogens is 3. The monoisotopic (exact) mass is 447 g/mol. The third-order valence-electron chi connectivity index (χ3n) is 3.53. The molecule has 0 saturated heterocycles. The molecule has 0 saturated carbocycles. The summed E-state index contributed by atoms with van der Waals surface area (Å²) in [7, 11) is 0. The second-order valence-electron chi connectivity index (χ2n) is 5.05. The van der Waals surface area contributed by atoms with Gasteiger partial charge < -0.3 is 4.42 Å². The number of benzene rings is 2. The van der Waals surface area contributed by atoms with Gasteiger partial charge in [0, 0.05) is 9.86 Å². The topological polar surface area (TPSA) is 78.0 Å². The van der Waals surface area contributed by atoms with E-state index in [1.165, 1.54) is 6.07 Å². The van der Waals surface area contributed by atoms with Gasteiger partial charge in [-0.05, 0) is 46.3 Å². The Morgan fingerprint density at radius 3 is 2.75 bits per heavy atom. The lowest BCUT2D eigenvalue weighted by atomic mass is 10.2. The predicted octanol–water partition coefficient (Wildman–Crippen LogP) is 3.75. The Morgan fingerprint density at radius 2 is 1.92 bits per heavy atom. The van der Waals surface area contributed by atoms with E-state index in [1.54, 1.807) is 36.4 Å². The maximum Gasteiger partial charge on any atom is 0.349 e. The first-order valence-electron chi connectivity index (χ1n) is 6.82. The summed E-state index contributed by atoms with van der Waals surface area (Å²) in [5, 5.41) is 8.39. The molecule has 24 heavy (non-hydrogen) atoms. The number of nitrogens with zero attached hydrogens (tertiary/aromatic N) is 3. The van der Waals surface area contributed by atoms with E-state index >= 15 is 0 Å². The van der Waals surface area contributed by atoms with Crippen LogP contribution in [0.2, 0.25) is 0 Å². The van der Waals surface area contributed by atoms with Gasteiger partial charge in [-0.2, -0.15) is 4.68 Å². The van der Waals surface area contributed by atoms with Crippen molar-refractivity contribution in [3.8, 4) is 0 Å². The number of fused-ring (bicyclic) bond motifs is 2. The van der Waals surface area contributed by atoms with Gasteiger partial charge in [-0.3, -0.25) is 4.79 Å². The highest BCUT2D eigenvalue weighted by Crippen LogP contribution is 2.28. The molecule has 8 heteroatoms. The second-order valence-corrected chi connectivity index (χ2v) is 6.82. The van der Waals surface area contributed by atoms with Crippen molar-refractivity contribution in [1.82, 2.24) is 15.0 Å². The van der Waals surface area contributed by atoms with Gasteiger partial charge in [0.25, 0.3) is 5.91 Å². The lowest BCUT2D eigenvalue weighted by Crippen LogP contribution is -2.21. The first kappa shape index (κ1) is 15.2. The van der Waals surface area contributed by atoms with E-state index in [2.05, 4.69) is 42.2 Å². The van der Waals surface area contributed by atoms with Crippen LogP contribution >= 0.6 is 31.9 Å². The van der Waals surface area contributed by atoms with Crippen LogP contribution in [0.15, 0.2) is 60.6 Å². The SMILES string of the molecule is O=C(c1cc2cc(Br)cc(Br)c2oc1=O)n1nnc2ccccc21. The summed E-state index contributed by atoms with van der Waals surface area (Å²) in [6.07, 6.45) is 0. The molecular weight excluding hydrogens is 442 g/mol. The minimum atomic E-state index is -0.727. The summed E-state index contributed by atoms with van der Waals surface area (Å²) in [6.45, 7) is 0. The molecule has 0 fully saturated rings. The van der Waals surface area contributed by atoms with Crippen molar-refractivity contribution in [3.05, 3.63) is 67.4 Å². The lowest BCUT2D eigenvalue weighted by molar-refractivity contribution is 0.0944. The Morgan fingerprint density at radius 1 is 1.12 bits per heavy atom. The van der Waals surface area contributed by atoms with Crippen LogP contribution in [-0.2, 0) is 0 Å². The van der Waals surface area contributed by atoms with Crippen LogP contribution in [0, 0.1) is 0 Å². The molecule has 0 aliphatic carbocycles. The summed E-state index contributed by atoms with van der Waals surface area (Å²) in [4.78, 5) is 25.0. The van der Waals surface area contributed by atoms with Crippen molar-refractivity contribution in [2.45, 2.75) is 0 Å². The van der Waals surface area contributed by atoms with Gasteiger partial charge in [-0.15, -0.1) is 5.10 Å². The van der Waals surface area contributed by atoms with E-state index < -0.39 is 11.5 Å². The van der Waals surface area contributed by atoms with Gasteiger partial charge in [0.1, 0.15) is 11.1 Å². The van der Waals surface area contributed by atoms with Crippen LogP contribution in [0.4, 0.5) is 0 Å². The number of hydrogen-bond acceptors (Lipinski definition) is 5. The standard InChI is InChI=1S/C16H7Br2N3O3/c17-9-5-8-6-10(16(23)24-14(8)11(18)7-9)15(22)21-13-4-2-1-3-12(13)19-20-21/h1-7H. The molecule has 118 valence electrons. The van der Waals surface area contributed by atoms with E-state index in [1.807, 2.05) is 0 Å². The van der Waals surface area contributed by atoms with Crippen molar-refractivity contribution in [2.75, 3.05) is 0 Å². The molecule has 2 aromatic carbocycles. The molecule has 2 heterocycles. The third kappa shape index (κ3) is 2.38. The molecule has 4 rings (SSSR count). The predicted molar refractivity (Wildman–Crippen MR) is 95.1 cm³/mol. The number of carbonyl (C=O) groups is 1. The van der Waals surface area contributed by atoms with E-state index in [-0.39, 0.29) is 5.56 Å². The summed E-state index contributed by atoms with van der Waals surface area (Å²) in [5.74, 6) is -0.588. The number of hydrogen-bond donors (Lipinski definition) is 0. The zero-order valence-corrected chi connectivity index (χ0v) is 15.0. The largest absolute Gasteiger partial charge is 0.421 e. The Bertz CT molecular complexity index is 1180. The molecule has 0 spiro atoms. The van der Waals surface area contributed by atoms with Crippen LogP contribution in [0.25, 0.3) is 22.0 Å². The summed E-state index contributed by atoms with van der Waals surface area (Å²) >= 11 is 6.71. The molecule has 0 atom stereocenters. The fourth-order valence-electron chi connectivity index (χ4n) is 2.44. The number of halogens is 2. The summed E-state index contributed by atoms with van der Waals surface area (Å²) in [6, 6.07) is 12.0. The van der Waals surface area contributed by atoms with E-state index in [0.29, 0.717) is 26.5 Å². The summed E-state index contributed by atoms with van der Waals surface area (Å²) < 4.78 is 7.81. The van der Waals surface area contributed by atoms with E-state index in [9.17, 15) is 9.59 Å². The first-order chi connectivity index (χ1) is 11.5. The first-order valence-corrected chi connectivity index (χ1v) is 8.41. The average Bonchev–Trinajstić information content (AvgIpc) is 2.98. The van der Waals surface area contributed by atoms with Gasteiger partial charge in [-0.25, -0.2) is 4.79 Å². The highest BCUT2D eigenvalue weighted by atomic mass is 79.9. The molecule has 0 amide bonds. The van der Waals surface area contributed by atoms with Crippen LogP contribution in [0.1, 0.15) is 10.4 Å². The normalized spacial score (nSPS) is 11.2. The van der Waals surface area contributed by atoms with Crippen molar-refractivity contribution >= 4 is 59.8 Å². The minimum absolute atomic E-state index is 0.108. The Balaban J connectivity index is 1.94. The van der Waals surface area contributed by atoms with Crippen molar-refractivity contribution in [2.24, 2.45) is 0 Å². The van der Waals surface area contributed by atoms with Crippen LogP contribution < -0.4 is 5.63 Å². The Labute approximate surface area is 151 Å². The molecule has 0 radical (unpaired) electrons.